The smallest absolute Gasteiger partial charge is 0.300 e. The monoisotopic (exact) mass is 330 g/mol. The van der Waals surface area contributed by atoms with Crippen LogP contribution in [0, 0.1) is 0 Å². The van der Waals surface area contributed by atoms with Gasteiger partial charge in [-0.15, -0.1) is 0 Å². The van der Waals surface area contributed by atoms with Crippen LogP contribution in [0.1, 0.15) is 18.1 Å². The molecule has 0 aromatic heterocycles. The fraction of sp³-hybridized carbons (Fsp3) is 0.0556. The molecule has 5 heteroatoms. The Bertz CT molecular complexity index is 760. The van der Waals surface area contributed by atoms with E-state index in [9.17, 15) is 5.11 Å². The predicted molar refractivity (Wildman–Crippen MR) is 90.2 cm³/mol. The second kappa shape index (κ2) is 7.51. The maximum Gasteiger partial charge on any atom is 0.300 e. The number of allylic oxidation sites excluding steroid dienone is 1. The molecular formula is C18H15ClO4. The predicted octanol–water partition coefficient (Wildman–Crippen LogP) is 4.68. The SMILES string of the molecule is CC(=O)O.OC1=COc2ccccc2C(Cl)=C1c1ccccc1. The van der Waals surface area contributed by atoms with Crippen molar-refractivity contribution in [2.24, 2.45) is 0 Å². The van der Waals surface area contributed by atoms with E-state index in [-0.39, 0.29) is 5.76 Å². The van der Waals surface area contributed by atoms with Crippen LogP contribution in [0.25, 0.3) is 10.6 Å². The number of fused-ring (bicyclic) bond motifs is 1. The summed E-state index contributed by atoms with van der Waals surface area (Å²) in [5.74, 6) is -0.183. The summed E-state index contributed by atoms with van der Waals surface area (Å²) in [4.78, 5) is 9.00. The Kier molecular flexibility index (Phi) is 5.44. The molecule has 2 N–H and O–H groups in total. The van der Waals surface area contributed by atoms with Gasteiger partial charge in [0.15, 0.2) is 5.76 Å². The first kappa shape index (κ1) is 16.6. The molecule has 3 rings (SSSR count). The second-order valence-corrected chi connectivity index (χ2v) is 5.07. The van der Waals surface area contributed by atoms with Crippen LogP contribution in [0.15, 0.2) is 66.6 Å². The number of carboxylic acids is 1. The van der Waals surface area contributed by atoms with E-state index in [0.29, 0.717) is 16.4 Å². The van der Waals surface area contributed by atoms with Crippen LogP contribution in [0.4, 0.5) is 0 Å². The minimum atomic E-state index is -0.833. The molecule has 0 atom stereocenters. The summed E-state index contributed by atoms with van der Waals surface area (Å²) in [5.41, 5.74) is 2.19. The number of ether oxygens (including phenoxy) is 1. The normalized spacial score (nSPS) is 12.9. The molecule has 2 aromatic carbocycles. The highest BCUT2D eigenvalue weighted by Gasteiger charge is 2.20. The van der Waals surface area contributed by atoms with Gasteiger partial charge in [0, 0.05) is 18.1 Å². The molecular weight excluding hydrogens is 316 g/mol. The van der Waals surface area contributed by atoms with Gasteiger partial charge >= 0.3 is 0 Å². The highest BCUT2D eigenvalue weighted by Crippen LogP contribution is 2.40. The van der Waals surface area contributed by atoms with E-state index < -0.39 is 5.97 Å². The third-order valence-corrected chi connectivity index (χ3v) is 3.35. The van der Waals surface area contributed by atoms with E-state index in [1.807, 2.05) is 54.6 Å². The molecule has 0 bridgehead atoms. The van der Waals surface area contributed by atoms with Gasteiger partial charge in [0.25, 0.3) is 5.97 Å². The number of halogens is 1. The standard InChI is InChI=1S/C16H11ClO2.C2H4O2/c17-16-12-8-4-5-9-14(12)19-10-13(18)15(16)11-6-2-1-3-7-11;1-2(3)4/h1-10,18H;1H3,(H,3,4). The largest absolute Gasteiger partial charge is 0.504 e. The van der Waals surface area contributed by atoms with Crippen molar-refractivity contribution in [1.82, 2.24) is 0 Å². The van der Waals surface area contributed by atoms with Crippen molar-refractivity contribution < 1.29 is 19.7 Å². The number of aliphatic hydroxyl groups excluding tert-OH is 1. The lowest BCUT2D eigenvalue weighted by atomic mass is 10.0. The molecule has 1 heterocycles. The third-order valence-electron chi connectivity index (χ3n) is 2.96. The van der Waals surface area contributed by atoms with E-state index in [1.54, 1.807) is 0 Å². The van der Waals surface area contributed by atoms with Crippen molar-refractivity contribution in [1.29, 1.82) is 0 Å². The summed E-state index contributed by atoms with van der Waals surface area (Å²) in [6.07, 6.45) is 1.32. The van der Waals surface area contributed by atoms with Crippen molar-refractivity contribution in [2.75, 3.05) is 0 Å². The summed E-state index contributed by atoms with van der Waals surface area (Å²) >= 11 is 6.45. The summed E-state index contributed by atoms with van der Waals surface area (Å²) in [6.45, 7) is 1.08. The number of aliphatic carboxylic acids is 1. The lowest BCUT2D eigenvalue weighted by Crippen LogP contribution is -1.91. The van der Waals surface area contributed by atoms with Gasteiger partial charge in [-0.1, -0.05) is 54.1 Å². The zero-order chi connectivity index (χ0) is 16.8. The van der Waals surface area contributed by atoms with E-state index in [1.165, 1.54) is 6.26 Å². The second-order valence-electron chi connectivity index (χ2n) is 4.69. The number of para-hydroxylation sites is 1. The van der Waals surface area contributed by atoms with Crippen molar-refractivity contribution in [2.45, 2.75) is 6.92 Å². The fourth-order valence-corrected chi connectivity index (χ4v) is 2.42. The van der Waals surface area contributed by atoms with E-state index in [4.69, 9.17) is 26.2 Å². The zero-order valence-corrected chi connectivity index (χ0v) is 13.1. The Labute approximate surface area is 138 Å². The molecule has 0 spiro atoms. The molecule has 0 saturated heterocycles. The Morgan fingerprint density at radius 3 is 2.26 bits per heavy atom. The summed E-state index contributed by atoms with van der Waals surface area (Å²) < 4.78 is 5.44. The third kappa shape index (κ3) is 4.14. The van der Waals surface area contributed by atoms with Crippen LogP contribution >= 0.6 is 11.6 Å². The number of aliphatic hydroxyl groups is 1. The van der Waals surface area contributed by atoms with Crippen LogP contribution in [-0.4, -0.2) is 16.2 Å². The number of hydrogen-bond acceptors (Lipinski definition) is 3. The molecule has 118 valence electrons. The van der Waals surface area contributed by atoms with E-state index >= 15 is 0 Å². The lowest BCUT2D eigenvalue weighted by Gasteiger charge is -2.08. The molecule has 0 unspecified atom stereocenters. The summed E-state index contributed by atoms with van der Waals surface area (Å²) in [7, 11) is 0. The maximum absolute atomic E-state index is 10.1. The van der Waals surface area contributed by atoms with Gasteiger partial charge in [0.1, 0.15) is 12.0 Å². The van der Waals surface area contributed by atoms with Gasteiger partial charge in [-0.3, -0.25) is 4.79 Å². The van der Waals surface area contributed by atoms with Crippen molar-refractivity contribution in [3.05, 3.63) is 77.7 Å². The van der Waals surface area contributed by atoms with E-state index in [2.05, 4.69) is 0 Å². The summed E-state index contributed by atoms with van der Waals surface area (Å²) in [6, 6.07) is 16.9. The number of benzene rings is 2. The van der Waals surface area contributed by atoms with Crippen LogP contribution < -0.4 is 4.74 Å². The van der Waals surface area contributed by atoms with Gasteiger partial charge in [0.05, 0.1) is 5.03 Å². The molecule has 1 aliphatic heterocycles. The molecule has 1 aliphatic rings. The first-order valence-electron chi connectivity index (χ1n) is 6.81. The molecule has 4 nitrogen and oxygen atoms in total. The van der Waals surface area contributed by atoms with Gasteiger partial charge in [-0.2, -0.15) is 0 Å². The minimum absolute atomic E-state index is 0.0207. The highest BCUT2D eigenvalue weighted by atomic mass is 35.5. The average Bonchev–Trinajstić information content (AvgIpc) is 2.65. The number of carboxylic acid groups (broad SMARTS) is 1. The highest BCUT2D eigenvalue weighted by molar-refractivity contribution is 6.53. The van der Waals surface area contributed by atoms with Crippen molar-refractivity contribution in [3.63, 3.8) is 0 Å². The Morgan fingerprint density at radius 1 is 1.04 bits per heavy atom. The van der Waals surface area contributed by atoms with Crippen molar-refractivity contribution in [3.8, 4) is 5.75 Å². The van der Waals surface area contributed by atoms with Crippen LogP contribution in [0.2, 0.25) is 0 Å². The Hall–Kier alpha value is -2.72. The molecule has 0 fully saturated rings. The van der Waals surface area contributed by atoms with E-state index in [0.717, 1.165) is 18.1 Å². The Balaban J connectivity index is 0.000000433. The van der Waals surface area contributed by atoms with Crippen LogP contribution in [0.5, 0.6) is 5.75 Å². The molecule has 2 aromatic rings. The minimum Gasteiger partial charge on any atom is -0.504 e. The summed E-state index contributed by atoms with van der Waals surface area (Å²) in [5, 5.41) is 18.0. The first-order valence-corrected chi connectivity index (χ1v) is 7.18. The molecule has 0 saturated carbocycles. The molecule has 0 radical (unpaired) electrons. The van der Waals surface area contributed by atoms with Gasteiger partial charge in [-0.05, 0) is 17.7 Å². The average molecular weight is 331 g/mol. The molecule has 0 amide bonds. The van der Waals surface area contributed by atoms with Crippen LogP contribution in [-0.2, 0) is 4.79 Å². The number of rotatable bonds is 1. The van der Waals surface area contributed by atoms with Gasteiger partial charge in [-0.25, -0.2) is 0 Å². The topological polar surface area (TPSA) is 66.8 Å². The molecule has 0 aliphatic carbocycles. The van der Waals surface area contributed by atoms with Gasteiger partial charge < -0.3 is 14.9 Å². The zero-order valence-electron chi connectivity index (χ0n) is 12.4. The number of carbonyl (C=O) groups is 1. The maximum atomic E-state index is 10.1. The van der Waals surface area contributed by atoms with Gasteiger partial charge in [0.2, 0.25) is 0 Å². The molecule has 23 heavy (non-hydrogen) atoms. The van der Waals surface area contributed by atoms with Crippen molar-refractivity contribution >= 4 is 28.2 Å². The number of hydrogen-bond donors (Lipinski definition) is 2. The quantitative estimate of drug-likeness (QED) is 0.797. The lowest BCUT2D eigenvalue weighted by molar-refractivity contribution is -0.134. The first-order chi connectivity index (χ1) is 11.0. The Morgan fingerprint density at radius 2 is 1.61 bits per heavy atom. The van der Waals surface area contributed by atoms with Crippen LogP contribution in [0.3, 0.4) is 0 Å². The fourth-order valence-electron chi connectivity index (χ4n) is 2.06.